The van der Waals surface area contributed by atoms with Gasteiger partial charge in [0.2, 0.25) is 0 Å². The van der Waals surface area contributed by atoms with Gasteiger partial charge in [0, 0.05) is 19.3 Å². The summed E-state index contributed by atoms with van der Waals surface area (Å²) in [5.74, 6) is -0.00797. The second-order valence-electron chi connectivity index (χ2n) is 4.09. The van der Waals surface area contributed by atoms with Crippen LogP contribution in [0.3, 0.4) is 0 Å². The molecule has 0 unspecified atom stereocenters. The van der Waals surface area contributed by atoms with Crippen LogP contribution in [0.2, 0.25) is 0 Å². The summed E-state index contributed by atoms with van der Waals surface area (Å²) in [6, 6.07) is 2.37. The molecule has 1 saturated heterocycles. The first kappa shape index (κ1) is 12.0. The average molecular weight is 250 g/mol. The third kappa shape index (κ3) is 2.29. The van der Waals surface area contributed by atoms with Gasteiger partial charge in [0.15, 0.2) is 0 Å². The molecule has 90 valence electrons. The number of aromatic nitrogens is 2. The number of carbonyl (C=O) groups excluding carboxylic acids is 1. The summed E-state index contributed by atoms with van der Waals surface area (Å²) >= 11 is 1.59. The van der Waals surface area contributed by atoms with Crippen LogP contribution in [-0.2, 0) is 0 Å². The number of H-pyrrole nitrogens is 1. The minimum absolute atomic E-state index is 0.00797. The van der Waals surface area contributed by atoms with Gasteiger partial charge >= 0.3 is 0 Å². The predicted octanol–water partition coefficient (Wildman–Crippen LogP) is 1.27. The van der Waals surface area contributed by atoms with Gasteiger partial charge in [0.25, 0.3) is 5.91 Å². The molecule has 0 aliphatic carbocycles. The molecular formula is C11H14N4OS. The normalized spacial score (nSPS) is 18.7. The van der Waals surface area contributed by atoms with Gasteiger partial charge in [-0.25, -0.2) is 0 Å². The minimum atomic E-state index is -0.312. The molecule has 1 N–H and O–H groups in total. The monoisotopic (exact) mass is 250 g/mol. The lowest BCUT2D eigenvalue weighted by atomic mass is 9.97. The highest BCUT2D eigenvalue weighted by Crippen LogP contribution is 2.34. The van der Waals surface area contributed by atoms with Crippen LogP contribution in [0.1, 0.15) is 23.2 Å². The zero-order valence-corrected chi connectivity index (χ0v) is 10.5. The first-order chi connectivity index (χ1) is 8.21. The van der Waals surface area contributed by atoms with Crippen LogP contribution in [0.5, 0.6) is 0 Å². The van der Waals surface area contributed by atoms with Crippen molar-refractivity contribution in [3.63, 3.8) is 0 Å². The largest absolute Gasteiger partial charge is 0.338 e. The Labute approximate surface area is 104 Å². The molecule has 1 aromatic heterocycles. The predicted molar refractivity (Wildman–Crippen MR) is 65.6 cm³/mol. The van der Waals surface area contributed by atoms with Crippen LogP contribution in [0.4, 0.5) is 0 Å². The number of hydrogen-bond donors (Lipinski definition) is 1. The number of likely N-dealkylation sites (tertiary alicyclic amines) is 1. The van der Waals surface area contributed by atoms with Crippen LogP contribution in [0.25, 0.3) is 0 Å². The zero-order chi connectivity index (χ0) is 12.3. The number of nitriles is 1. The molecule has 1 fully saturated rings. The number of thioether (sulfide) groups is 1. The van der Waals surface area contributed by atoms with Crippen LogP contribution in [0.15, 0.2) is 12.4 Å². The lowest BCUT2D eigenvalue weighted by molar-refractivity contribution is 0.0716. The van der Waals surface area contributed by atoms with E-state index in [0.717, 1.165) is 12.8 Å². The summed E-state index contributed by atoms with van der Waals surface area (Å²) in [4.78, 5) is 13.8. The van der Waals surface area contributed by atoms with E-state index in [0.29, 0.717) is 18.7 Å². The van der Waals surface area contributed by atoms with Crippen molar-refractivity contribution < 1.29 is 4.79 Å². The van der Waals surface area contributed by atoms with Crippen LogP contribution in [0, 0.1) is 11.3 Å². The highest BCUT2D eigenvalue weighted by Gasteiger charge is 2.35. The molecule has 1 aromatic rings. The van der Waals surface area contributed by atoms with Gasteiger partial charge in [-0.3, -0.25) is 9.89 Å². The van der Waals surface area contributed by atoms with Gasteiger partial charge in [-0.05, 0) is 19.1 Å². The Hall–Kier alpha value is -1.48. The van der Waals surface area contributed by atoms with Gasteiger partial charge in [-0.2, -0.15) is 10.4 Å². The second kappa shape index (κ2) is 4.80. The van der Waals surface area contributed by atoms with Crippen molar-refractivity contribution in [3.8, 4) is 6.07 Å². The van der Waals surface area contributed by atoms with E-state index in [9.17, 15) is 4.79 Å². The molecule has 0 radical (unpaired) electrons. The smallest absolute Gasteiger partial charge is 0.257 e. The summed E-state index contributed by atoms with van der Waals surface area (Å²) < 4.78 is -0.312. The van der Waals surface area contributed by atoms with Crippen molar-refractivity contribution in [1.82, 2.24) is 15.1 Å². The van der Waals surface area contributed by atoms with Crippen LogP contribution < -0.4 is 0 Å². The van der Waals surface area contributed by atoms with Gasteiger partial charge in [0.05, 0.1) is 17.8 Å². The summed E-state index contributed by atoms with van der Waals surface area (Å²) in [6.07, 6.45) is 6.55. The molecule has 0 spiro atoms. The van der Waals surface area contributed by atoms with Crippen molar-refractivity contribution in [3.05, 3.63) is 18.0 Å². The number of rotatable bonds is 2. The maximum Gasteiger partial charge on any atom is 0.257 e. The summed E-state index contributed by atoms with van der Waals surface area (Å²) in [5, 5.41) is 15.6. The fourth-order valence-corrected chi connectivity index (χ4v) is 2.67. The first-order valence-corrected chi connectivity index (χ1v) is 6.68. The molecule has 0 aromatic carbocycles. The SMILES string of the molecule is CSC1(C#N)CCN(C(=O)c2cn[nH]c2)CC1. The van der Waals surface area contributed by atoms with E-state index in [2.05, 4.69) is 16.3 Å². The molecule has 5 nitrogen and oxygen atoms in total. The second-order valence-corrected chi connectivity index (χ2v) is 5.28. The Bertz CT molecular complexity index is 429. The standard InChI is InChI=1S/C11H14N4OS/c1-17-11(8-12)2-4-15(5-3-11)10(16)9-6-13-14-7-9/h6-7H,2-5H2,1H3,(H,13,14). The summed E-state index contributed by atoms with van der Waals surface area (Å²) in [6.45, 7) is 1.27. The van der Waals surface area contributed by atoms with E-state index in [1.807, 2.05) is 6.26 Å². The number of piperidine rings is 1. The van der Waals surface area contributed by atoms with Crippen molar-refractivity contribution in [1.29, 1.82) is 5.26 Å². The molecule has 1 amide bonds. The fraction of sp³-hybridized carbons (Fsp3) is 0.545. The average Bonchev–Trinajstić information content (AvgIpc) is 2.92. The van der Waals surface area contributed by atoms with E-state index in [1.165, 1.54) is 6.20 Å². The third-order valence-electron chi connectivity index (χ3n) is 3.20. The van der Waals surface area contributed by atoms with Crippen molar-refractivity contribution in [2.24, 2.45) is 0 Å². The van der Waals surface area contributed by atoms with Crippen molar-refractivity contribution in [2.45, 2.75) is 17.6 Å². The Morgan fingerprint density at radius 2 is 2.35 bits per heavy atom. The van der Waals surface area contributed by atoms with Crippen molar-refractivity contribution in [2.75, 3.05) is 19.3 Å². The molecule has 0 saturated carbocycles. The van der Waals surface area contributed by atoms with E-state index in [4.69, 9.17) is 5.26 Å². The summed E-state index contributed by atoms with van der Waals surface area (Å²) in [5.41, 5.74) is 0.582. The Balaban J connectivity index is 2.01. The minimum Gasteiger partial charge on any atom is -0.338 e. The topological polar surface area (TPSA) is 72.8 Å². The van der Waals surface area contributed by atoms with E-state index in [1.54, 1.807) is 22.9 Å². The van der Waals surface area contributed by atoms with Crippen LogP contribution in [-0.4, -0.2) is 45.1 Å². The molecule has 0 bridgehead atoms. The highest BCUT2D eigenvalue weighted by atomic mass is 32.2. The molecule has 1 aliphatic rings. The maximum atomic E-state index is 12.0. The molecule has 1 aliphatic heterocycles. The molecule has 6 heteroatoms. The molecule has 0 atom stereocenters. The molecule has 17 heavy (non-hydrogen) atoms. The third-order valence-corrected chi connectivity index (χ3v) is 4.48. The van der Waals surface area contributed by atoms with Crippen LogP contribution >= 0.6 is 11.8 Å². The van der Waals surface area contributed by atoms with Gasteiger partial charge < -0.3 is 4.90 Å². The zero-order valence-electron chi connectivity index (χ0n) is 9.64. The van der Waals surface area contributed by atoms with E-state index < -0.39 is 0 Å². The first-order valence-electron chi connectivity index (χ1n) is 5.45. The van der Waals surface area contributed by atoms with Gasteiger partial charge in [0.1, 0.15) is 4.75 Å². The quantitative estimate of drug-likeness (QED) is 0.858. The molecule has 2 heterocycles. The van der Waals surface area contributed by atoms with E-state index >= 15 is 0 Å². The molecule has 2 rings (SSSR count). The number of carbonyl (C=O) groups is 1. The Morgan fingerprint density at radius 1 is 1.65 bits per heavy atom. The van der Waals surface area contributed by atoms with Gasteiger partial charge in [-0.1, -0.05) is 0 Å². The Kier molecular flexibility index (Phi) is 3.38. The molecular weight excluding hydrogens is 236 g/mol. The number of aromatic amines is 1. The number of nitrogens with one attached hydrogen (secondary N) is 1. The Morgan fingerprint density at radius 3 is 2.82 bits per heavy atom. The number of hydrogen-bond acceptors (Lipinski definition) is 4. The number of amides is 1. The van der Waals surface area contributed by atoms with Gasteiger partial charge in [-0.15, -0.1) is 11.8 Å². The highest BCUT2D eigenvalue weighted by molar-refractivity contribution is 8.00. The maximum absolute atomic E-state index is 12.0. The summed E-state index contributed by atoms with van der Waals surface area (Å²) in [7, 11) is 0. The van der Waals surface area contributed by atoms with Crippen molar-refractivity contribution >= 4 is 17.7 Å². The fourth-order valence-electron chi connectivity index (χ4n) is 1.98. The van der Waals surface area contributed by atoms with E-state index in [-0.39, 0.29) is 10.7 Å². The lowest BCUT2D eigenvalue weighted by Gasteiger charge is -2.35. The number of nitrogens with zero attached hydrogens (tertiary/aromatic N) is 3. The lowest BCUT2D eigenvalue weighted by Crippen LogP contribution is -2.44.